The fourth-order valence-corrected chi connectivity index (χ4v) is 4.75. The minimum Gasteiger partial charge on any atom is -0.472 e. The molecule has 0 aromatic carbocycles. The van der Waals surface area contributed by atoms with Crippen LogP contribution in [0.25, 0.3) is 22.2 Å². The summed E-state index contributed by atoms with van der Waals surface area (Å²) >= 11 is 0. The molecule has 5 rings (SSSR count). The molecular weight excluding hydrogens is 502 g/mol. The van der Waals surface area contributed by atoms with Gasteiger partial charge in [-0.15, -0.1) is 0 Å². The van der Waals surface area contributed by atoms with Gasteiger partial charge in [-0.2, -0.15) is 18.3 Å². The van der Waals surface area contributed by atoms with Crippen LogP contribution in [0.2, 0.25) is 0 Å². The Morgan fingerprint density at radius 2 is 1.76 bits per heavy atom. The number of anilines is 1. The lowest BCUT2D eigenvalue weighted by Gasteiger charge is -2.29. The summed E-state index contributed by atoms with van der Waals surface area (Å²) in [5, 5.41) is 9.03. The molecule has 0 bridgehead atoms. The van der Waals surface area contributed by atoms with Crippen molar-refractivity contribution < 1.29 is 22.3 Å². The van der Waals surface area contributed by atoms with Gasteiger partial charge in [0, 0.05) is 54.8 Å². The Labute approximate surface area is 216 Å². The van der Waals surface area contributed by atoms with E-state index in [0.29, 0.717) is 38.3 Å². The van der Waals surface area contributed by atoms with Crippen molar-refractivity contribution in [1.82, 2.24) is 29.7 Å². The summed E-state index contributed by atoms with van der Waals surface area (Å²) in [6.45, 7) is 4.70. The van der Waals surface area contributed by atoms with Gasteiger partial charge in [0.05, 0.1) is 17.1 Å². The lowest BCUT2D eigenvalue weighted by molar-refractivity contribution is -0.140. The molecule has 1 fully saturated rings. The molecule has 0 unspecified atom stereocenters. The lowest BCUT2D eigenvalue weighted by atomic mass is 9.93. The summed E-state index contributed by atoms with van der Waals surface area (Å²) in [5.74, 6) is -0.625. The van der Waals surface area contributed by atoms with Gasteiger partial charge in [-0.25, -0.2) is 24.3 Å². The van der Waals surface area contributed by atoms with Crippen molar-refractivity contribution >= 4 is 16.7 Å². The third kappa shape index (κ3) is 5.11. The van der Waals surface area contributed by atoms with Crippen molar-refractivity contribution in [3.8, 4) is 17.1 Å². The molecular formula is C26H27F4N7O. The summed E-state index contributed by atoms with van der Waals surface area (Å²) in [4.78, 5) is 17.0. The van der Waals surface area contributed by atoms with E-state index in [9.17, 15) is 17.6 Å². The first-order valence-electron chi connectivity index (χ1n) is 12.6. The van der Waals surface area contributed by atoms with Crippen LogP contribution in [0.1, 0.15) is 57.0 Å². The second-order valence-electron chi connectivity index (χ2n) is 9.18. The third-order valence-electron chi connectivity index (χ3n) is 6.68. The molecule has 1 aliphatic rings. The molecule has 4 aromatic rings. The summed E-state index contributed by atoms with van der Waals surface area (Å²) in [7, 11) is 0. The van der Waals surface area contributed by atoms with Crippen molar-refractivity contribution in [2.75, 3.05) is 11.9 Å². The van der Waals surface area contributed by atoms with E-state index in [4.69, 9.17) is 9.84 Å². The van der Waals surface area contributed by atoms with E-state index in [1.54, 1.807) is 18.6 Å². The fourth-order valence-electron chi connectivity index (χ4n) is 4.75. The lowest BCUT2D eigenvalue weighted by Crippen LogP contribution is -2.27. The van der Waals surface area contributed by atoms with E-state index >= 15 is 0 Å². The van der Waals surface area contributed by atoms with Gasteiger partial charge in [-0.1, -0.05) is 6.92 Å². The van der Waals surface area contributed by atoms with Crippen LogP contribution in [-0.2, 0) is 12.6 Å². The van der Waals surface area contributed by atoms with Crippen LogP contribution in [0.4, 0.5) is 23.4 Å². The zero-order valence-electron chi connectivity index (χ0n) is 21.0. The number of nitrogens with one attached hydrogen (secondary N) is 1. The van der Waals surface area contributed by atoms with E-state index in [-0.39, 0.29) is 6.04 Å². The number of pyridine rings is 2. The number of aryl methyl sites for hydroxylation is 1. The molecule has 0 atom stereocenters. The van der Waals surface area contributed by atoms with Crippen molar-refractivity contribution in [3.63, 3.8) is 0 Å². The Balaban J connectivity index is 1.39. The van der Waals surface area contributed by atoms with Crippen LogP contribution in [0, 0.1) is 5.82 Å². The molecule has 0 amide bonds. The van der Waals surface area contributed by atoms with Crippen LogP contribution in [0.3, 0.4) is 0 Å². The number of aromatic nitrogens is 6. The normalized spacial score (nSPS) is 18.1. The Kier molecular flexibility index (Phi) is 7.13. The van der Waals surface area contributed by atoms with Crippen LogP contribution < -0.4 is 10.1 Å². The van der Waals surface area contributed by atoms with E-state index in [2.05, 4.69) is 25.3 Å². The third-order valence-corrected chi connectivity index (χ3v) is 6.68. The SMILES string of the molecule is CCNc1cc2c(cn1)c(-c1cnc(CC)nc1)nn2[C@H]1CC[C@@H](Oc2nccc(C(F)(F)F)c2F)CC1. The van der Waals surface area contributed by atoms with Gasteiger partial charge >= 0.3 is 6.18 Å². The number of alkyl halides is 3. The maximum Gasteiger partial charge on any atom is 0.419 e. The molecule has 0 aliphatic heterocycles. The maximum atomic E-state index is 14.4. The summed E-state index contributed by atoms with van der Waals surface area (Å²) in [6.07, 6.45) is 4.00. The number of hydrogen-bond acceptors (Lipinski definition) is 7. The highest BCUT2D eigenvalue weighted by molar-refractivity contribution is 5.93. The highest BCUT2D eigenvalue weighted by Gasteiger charge is 2.36. The van der Waals surface area contributed by atoms with Crippen molar-refractivity contribution in [1.29, 1.82) is 0 Å². The van der Waals surface area contributed by atoms with E-state index in [0.717, 1.165) is 46.4 Å². The predicted molar refractivity (Wildman–Crippen MR) is 133 cm³/mol. The Morgan fingerprint density at radius 3 is 2.42 bits per heavy atom. The smallest absolute Gasteiger partial charge is 0.419 e. The van der Waals surface area contributed by atoms with Gasteiger partial charge in [-0.3, -0.25) is 4.68 Å². The zero-order chi connectivity index (χ0) is 26.9. The van der Waals surface area contributed by atoms with E-state index in [1.165, 1.54) is 0 Å². The number of halogens is 4. The second kappa shape index (κ2) is 10.5. The predicted octanol–water partition coefficient (Wildman–Crippen LogP) is 6.00. The molecule has 38 heavy (non-hydrogen) atoms. The van der Waals surface area contributed by atoms with E-state index in [1.807, 2.05) is 24.6 Å². The molecule has 8 nitrogen and oxygen atoms in total. The second-order valence-corrected chi connectivity index (χ2v) is 9.18. The van der Waals surface area contributed by atoms with Crippen molar-refractivity contribution in [2.45, 2.75) is 64.3 Å². The standard InChI is InChI=1S/C26H27F4N7O/c1-3-21-33-12-15(13-34-21)24-18-14-35-22(31-4-2)11-20(18)37(36-24)16-5-7-17(8-6-16)38-25-23(27)19(9-10-32-25)26(28,29)30/h9-14,16-17H,3-8H2,1-2H3,(H,31,35)/t16-,17+. The number of ether oxygens (including phenoxy) is 1. The van der Waals surface area contributed by atoms with Crippen LogP contribution in [0.5, 0.6) is 5.88 Å². The Morgan fingerprint density at radius 1 is 1.03 bits per heavy atom. The summed E-state index contributed by atoms with van der Waals surface area (Å²) in [6, 6.07) is 2.58. The van der Waals surface area contributed by atoms with Gasteiger partial charge in [-0.05, 0) is 38.7 Å². The van der Waals surface area contributed by atoms with Gasteiger partial charge in [0.1, 0.15) is 23.4 Å². The minimum absolute atomic E-state index is 0.0122. The maximum absolute atomic E-state index is 14.4. The van der Waals surface area contributed by atoms with Crippen molar-refractivity contribution in [2.24, 2.45) is 0 Å². The highest BCUT2D eigenvalue weighted by Crippen LogP contribution is 2.38. The van der Waals surface area contributed by atoms with Gasteiger partial charge < -0.3 is 10.1 Å². The molecule has 4 heterocycles. The molecule has 200 valence electrons. The van der Waals surface area contributed by atoms with E-state index < -0.39 is 29.5 Å². The first-order chi connectivity index (χ1) is 18.3. The number of hydrogen-bond donors (Lipinski definition) is 1. The number of rotatable bonds is 7. The molecule has 12 heteroatoms. The molecule has 1 aliphatic carbocycles. The largest absolute Gasteiger partial charge is 0.472 e. The van der Waals surface area contributed by atoms with Crippen LogP contribution >= 0.6 is 0 Å². The monoisotopic (exact) mass is 529 g/mol. The van der Waals surface area contributed by atoms with Gasteiger partial charge in [0.25, 0.3) is 5.88 Å². The number of nitrogens with zero attached hydrogens (tertiary/aromatic N) is 6. The molecule has 4 aromatic heterocycles. The molecule has 0 saturated heterocycles. The molecule has 0 spiro atoms. The number of fused-ring (bicyclic) bond motifs is 1. The average Bonchev–Trinajstić information content (AvgIpc) is 3.29. The zero-order valence-corrected chi connectivity index (χ0v) is 21.0. The van der Waals surface area contributed by atoms with Crippen LogP contribution in [-0.4, -0.2) is 42.4 Å². The topological polar surface area (TPSA) is 90.6 Å². The summed E-state index contributed by atoms with van der Waals surface area (Å²) in [5.41, 5.74) is 1.03. The van der Waals surface area contributed by atoms with Crippen LogP contribution in [0.15, 0.2) is 36.9 Å². The Bertz CT molecular complexity index is 1410. The quantitative estimate of drug-likeness (QED) is 0.294. The highest BCUT2D eigenvalue weighted by atomic mass is 19.4. The first-order valence-corrected chi connectivity index (χ1v) is 12.6. The minimum atomic E-state index is -4.82. The Hall–Kier alpha value is -3.83. The molecule has 1 saturated carbocycles. The van der Waals surface area contributed by atoms with Crippen molar-refractivity contribution in [3.05, 3.63) is 54.1 Å². The van der Waals surface area contributed by atoms with Gasteiger partial charge in [0.15, 0.2) is 5.82 Å². The average molecular weight is 530 g/mol. The van der Waals surface area contributed by atoms with Gasteiger partial charge in [0.2, 0.25) is 0 Å². The first kappa shape index (κ1) is 25.8. The molecule has 0 radical (unpaired) electrons. The molecule has 1 N–H and O–H groups in total. The fraction of sp³-hybridized carbons (Fsp3) is 0.423. The summed E-state index contributed by atoms with van der Waals surface area (Å²) < 4.78 is 61.2.